The fraction of sp³-hybridized carbons (Fsp3) is 0. The van der Waals surface area contributed by atoms with E-state index in [1.165, 1.54) is 18.1 Å². The molecule has 2 aromatic carbocycles. The number of nitrogen functional groups attached to an aromatic ring is 1. The number of benzene rings is 2. The summed E-state index contributed by atoms with van der Waals surface area (Å²) in [6.45, 7) is 0. The molecule has 3 rings (SSSR count). The van der Waals surface area contributed by atoms with Gasteiger partial charge in [0.05, 0.1) is 5.69 Å². The van der Waals surface area contributed by atoms with Crippen molar-refractivity contribution in [3.63, 3.8) is 0 Å². The van der Waals surface area contributed by atoms with E-state index in [1.807, 2.05) is 30.3 Å². The van der Waals surface area contributed by atoms with Gasteiger partial charge in [-0.3, -0.25) is 0 Å². The van der Waals surface area contributed by atoms with Gasteiger partial charge in [-0.15, -0.1) is 0 Å². The van der Waals surface area contributed by atoms with Crippen molar-refractivity contribution in [3.8, 4) is 0 Å². The van der Waals surface area contributed by atoms with Gasteiger partial charge in [-0.25, -0.2) is 18.7 Å². The van der Waals surface area contributed by atoms with Crippen molar-refractivity contribution in [3.05, 3.63) is 66.5 Å². The van der Waals surface area contributed by atoms with Crippen molar-refractivity contribution >= 4 is 29.0 Å². The van der Waals surface area contributed by atoms with Gasteiger partial charge in [-0.2, -0.15) is 0 Å². The summed E-state index contributed by atoms with van der Waals surface area (Å²) >= 11 is 1.36. The Morgan fingerprint density at radius 1 is 1.00 bits per heavy atom. The maximum absolute atomic E-state index is 13.7. The fourth-order valence-corrected chi connectivity index (χ4v) is 2.70. The minimum absolute atomic E-state index is 0.0361. The van der Waals surface area contributed by atoms with Gasteiger partial charge in [-0.1, -0.05) is 30.0 Å². The molecule has 3 aromatic rings. The predicted octanol–water partition coefficient (Wildman–Crippen LogP) is 4.23. The lowest BCUT2D eigenvalue weighted by atomic mass is 10.3. The van der Waals surface area contributed by atoms with Gasteiger partial charge in [0, 0.05) is 11.0 Å². The molecule has 7 heteroatoms. The number of nitrogens with two attached hydrogens (primary N) is 1. The summed E-state index contributed by atoms with van der Waals surface area (Å²) in [5.41, 5.74) is 6.28. The first-order valence-electron chi connectivity index (χ1n) is 6.69. The van der Waals surface area contributed by atoms with Gasteiger partial charge in [0.25, 0.3) is 0 Å². The SMILES string of the molecule is Nc1c(Nc2cc(F)ccc2F)ncnc1Sc1ccccc1. The molecule has 0 saturated carbocycles. The summed E-state index contributed by atoms with van der Waals surface area (Å²) in [6.07, 6.45) is 1.32. The molecule has 0 unspecified atom stereocenters. The third kappa shape index (κ3) is 3.57. The standard InChI is InChI=1S/C16H12F2N4S/c17-10-6-7-12(18)13(8-10)22-15-14(19)16(21-9-20-15)23-11-4-2-1-3-5-11/h1-9H,19H2,(H,20,21,22). The zero-order valence-electron chi connectivity index (χ0n) is 11.8. The quantitative estimate of drug-likeness (QED) is 0.701. The van der Waals surface area contributed by atoms with Crippen molar-refractivity contribution in [1.82, 2.24) is 9.97 Å². The molecule has 0 saturated heterocycles. The highest BCUT2D eigenvalue weighted by Gasteiger charge is 2.12. The topological polar surface area (TPSA) is 63.8 Å². The lowest BCUT2D eigenvalue weighted by Crippen LogP contribution is -2.03. The molecule has 0 atom stereocenters. The lowest BCUT2D eigenvalue weighted by Gasteiger charge is -2.11. The maximum Gasteiger partial charge on any atom is 0.158 e. The largest absolute Gasteiger partial charge is 0.394 e. The molecule has 0 bridgehead atoms. The molecule has 116 valence electrons. The van der Waals surface area contributed by atoms with E-state index in [-0.39, 0.29) is 17.2 Å². The van der Waals surface area contributed by atoms with Crippen molar-refractivity contribution in [2.45, 2.75) is 9.92 Å². The molecule has 1 aromatic heterocycles. The van der Waals surface area contributed by atoms with Crippen LogP contribution in [0.2, 0.25) is 0 Å². The predicted molar refractivity (Wildman–Crippen MR) is 86.7 cm³/mol. The fourth-order valence-electron chi connectivity index (χ4n) is 1.88. The highest BCUT2D eigenvalue weighted by Crippen LogP contribution is 2.34. The second-order valence-electron chi connectivity index (χ2n) is 4.61. The third-order valence-corrected chi connectivity index (χ3v) is 4.01. The van der Waals surface area contributed by atoms with Crippen LogP contribution in [0.5, 0.6) is 0 Å². The first kappa shape index (κ1) is 15.2. The van der Waals surface area contributed by atoms with Crippen molar-refractivity contribution in [2.75, 3.05) is 11.1 Å². The minimum Gasteiger partial charge on any atom is -0.394 e. The van der Waals surface area contributed by atoms with E-state index >= 15 is 0 Å². The highest BCUT2D eigenvalue weighted by molar-refractivity contribution is 7.99. The molecule has 1 heterocycles. The van der Waals surface area contributed by atoms with E-state index in [4.69, 9.17) is 5.73 Å². The molecule has 0 aliphatic rings. The Balaban J connectivity index is 1.89. The molecule has 23 heavy (non-hydrogen) atoms. The van der Waals surface area contributed by atoms with Gasteiger partial charge in [0.1, 0.15) is 28.7 Å². The summed E-state index contributed by atoms with van der Waals surface area (Å²) in [5, 5.41) is 3.24. The van der Waals surface area contributed by atoms with Crippen LogP contribution in [0.25, 0.3) is 0 Å². The number of rotatable bonds is 4. The third-order valence-electron chi connectivity index (χ3n) is 2.99. The van der Waals surface area contributed by atoms with Crippen LogP contribution in [0.4, 0.5) is 26.0 Å². The number of hydrogen-bond donors (Lipinski definition) is 2. The van der Waals surface area contributed by atoms with E-state index < -0.39 is 11.6 Å². The Morgan fingerprint density at radius 3 is 2.57 bits per heavy atom. The number of anilines is 3. The molecule has 3 N–H and O–H groups in total. The van der Waals surface area contributed by atoms with Gasteiger partial charge in [0.2, 0.25) is 0 Å². The minimum atomic E-state index is -0.596. The highest BCUT2D eigenvalue weighted by atomic mass is 32.2. The van der Waals surface area contributed by atoms with Crippen molar-refractivity contribution in [2.24, 2.45) is 0 Å². The summed E-state index contributed by atoms with van der Waals surface area (Å²) in [5.74, 6) is -0.926. The van der Waals surface area contributed by atoms with Gasteiger partial charge in [0.15, 0.2) is 5.82 Å². The van der Waals surface area contributed by atoms with Crippen LogP contribution in [0.3, 0.4) is 0 Å². The zero-order valence-corrected chi connectivity index (χ0v) is 12.6. The Bertz CT molecular complexity index is 828. The van der Waals surface area contributed by atoms with E-state index in [0.29, 0.717) is 5.03 Å². The molecular weight excluding hydrogens is 318 g/mol. The summed E-state index contributed by atoms with van der Waals surface area (Å²) < 4.78 is 27.0. The number of halogens is 2. The lowest BCUT2D eigenvalue weighted by molar-refractivity contribution is 0.603. The van der Waals surface area contributed by atoms with Crippen LogP contribution in [0.1, 0.15) is 0 Å². The van der Waals surface area contributed by atoms with Crippen molar-refractivity contribution < 1.29 is 8.78 Å². The van der Waals surface area contributed by atoms with Gasteiger partial charge >= 0.3 is 0 Å². The van der Waals surface area contributed by atoms with Gasteiger partial charge < -0.3 is 11.1 Å². The van der Waals surface area contributed by atoms with Crippen LogP contribution in [-0.4, -0.2) is 9.97 Å². The Morgan fingerprint density at radius 2 is 1.78 bits per heavy atom. The first-order valence-corrected chi connectivity index (χ1v) is 7.50. The summed E-state index contributed by atoms with van der Waals surface area (Å²) in [6, 6.07) is 12.7. The average Bonchev–Trinajstić information content (AvgIpc) is 2.55. The first-order chi connectivity index (χ1) is 11.1. The smallest absolute Gasteiger partial charge is 0.158 e. The van der Waals surface area contributed by atoms with Crippen LogP contribution >= 0.6 is 11.8 Å². The maximum atomic E-state index is 13.7. The number of aromatic nitrogens is 2. The average molecular weight is 330 g/mol. The summed E-state index contributed by atoms with van der Waals surface area (Å²) in [4.78, 5) is 9.09. The number of hydrogen-bond acceptors (Lipinski definition) is 5. The molecule has 0 aliphatic carbocycles. The van der Waals surface area contributed by atoms with Crippen LogP contribution in [0.15, 0.2) is 64.8 Å². The molecule has 0 fully saturated rings. The van der Waals surface area contributed by atoms with Crippen LogP contribution < -0.4 is 11.1 Å². The van der Waals surface area contributed by atoms with Gasteiger partial charge in [-0.05, 0) is 24.3 Å². The molecule has 0 aliphatic heterocycles. The summed E-state index contributed by atoms with van der Waals surface area (Å²) in [7, 11) is 0. The monoisotopic (exact) mass is 330 g/mol. The number of nitrogens with zero attached hydrogens (tertiary/aromatic N) is 2. The Kier molecular flexibility index (Phi) is 4.38. The van der Waals surface area contributed by atoms with E-state index in [0.717, 1.165) is 23.1 Å². The molecule has 0 radical (unpaired) electrons. The molecule has 4 nitrogen and oxygen atoms in total. The van der Waals surface area contributed by atoms with E-state index in [9.17, 15) is 8.78 Å². The Labute approximate surface area is 135 Å². The van der Waals surface area contributed by atoms with E-state index in [1.54, 1.807) is 0 Å². The van der Waals surface area contributed by atoms with Crippen molar-refractivity contribution in [1.29, 1.82) is 0 Å². The zero-order chi connectivity index (χ0) is 16.2. The number of nitrogens with one attached hydrogen (secondary N) is 1. The Hall–Kier alpha value is -2.67. The molecular formula is C16H12F2N4S. The van der Waals surface area contributed by atoms with Crippen LogP contribution in [-0.2, 0) is 0 Å². The molecule has 0 amide bonds. The normalized spacial score (nSPS) is 10.5. The second kappa shape index (κ2) is 6.62. The van der Waals surface area contributed by atoms with E-state index in [2.05, 4.69) is 15.3 Å². The van der Waals surface area contributed by atoms with Crippen LogP contribution in [0, 0.1) is 11.6 Å². The molecule has 0 spiro atoms. The second-order valence-corrected chi connectivity index (χ2v) is 5.67.